The summed E-state index contributed by atoms with van der Waals surface area (Å²) in [4.78, 5) is 32.3. The Labute approximate surface area is 161 Å². The largest absolute Gasteiger partial charge is 0.371 e. The van der Waals surface area contributed by atoms with E-state index >= 15 is 0 Å². The summed E-state index contributed by atoms with van der Waals surface area (Å²) in [6, 6.07) is 15.5. The lowest BCUT2D eigenvalue weighted by Gasteiger charge is -2.34. The van der Waals surface area contributed by atoms with E-state index < -0.39 is 0 Å². The van der Waals surface area contributed by atoms with Crippen molar-refractivity contribution >= 4 is 34.7 Å². The molecule has 0 radical (unpaired) electrons. The van der Waals surface area contributed by atoms with E-state index in [1.54, 1.807) is 18.2 Å². The predicted molar refractivity (Wildman–Crippen MR) is 109 cm³/mol. The quantitative estimate of drug-likeness (QED) is 0.610. The predicted octanol–water partition coefficient (Wildman–Crippen LogP) is 2.98. The topological polar surface area (TPSA) is 81.0 Å². The van der Waals surface area contributed by atoms with Crippen LogP contribution in [0.5, 0.6) is 0 Å². The number of anilines is 1. The third-order valence-corrected chi connectivity index (χ3v) is 5.16. The molecule has 1 fully saturated rings. The van der Waals surface area contributed by atoms with Crippen molar-refractivity contribution in [2.24, 2.45) is 0 Å². The second-order valence-electron chi connectivity index (χ2n) is 6.74. The zero-order valence-corrected chi connectivity index (χ0v) is 15.5. The number of nitrogens with zero attached hydrogens (tertiary/aromatic N) is 1. The van der Waals surface area contributed by atoms with Crippen LogP contribution in [0.4, 0.5) is 5.69 Å². The summed E-state index contributed by atoms with van der Waals surface area (Å²) in [5.74, 6) is -0.130. The highest BCUT2D eigenvalue weighted by molar-refractivity contribution is 7.71. The molecule has 1 saturated heterocycles. The molecule has 0 spiro atoms. The molecule has 2 aromatic carbocycles. The van der Waals surface area contributed by atoms with E-state index in [1.807, 2.05) is 18.2 Å². The minimum Gasteiger partial charge on any atom is -0.371 e. The van der Waals surface area contributed by atoms with Gasteiger partial charge in [-0.15, -0.1) is 0 Å². The summed E-state index contributed by atoms with van der Waals surface area (Å²) in [6.45, 7) is 1.82. The van der Waals surface area contributed by atoms with Gasteiger partial charge in [0.1, 0.15) is 0 Å². The van der Waals surface area contributed by atoms with Crippen LogP contribution in [-0.2, 0) is 0 Å². The molecule has 138 valence electrons. The first-order valence-electron chi connectivity index (χ1n) is 8.97. The Hall–Kier alpha value is -2.93. The second kappa shape index (κ2) is 7.36. The Bertz CT molecular complexity index is 1080. The molecule has 0 bridgehead atoms. The van der Waals surface area contributed by atoms with Crippen molar-refractivity contribution < 1.29 is 4.79 Å². The normalized spacial score (nSPS) is 15.0. The van der Waals surface area contributed by atoms with E-state index in [1.165, 1.54) is 5.69 Å². The van der Waals surface area contributed by atoms with Crippen LogP contribution in [0.15, 0.2) is 53.3 Å². The number of aromatic amines is 2. The lowest BCUT2D eigenvalue weighted by atomic mass is 10.0. The molecule has 0 saturated carbocycles. The molecule has 1 aromatic heterocycles. The van der Waals surface area contributed by atoms with Gasteiger partial charge in [-0.25, -0.2) is 0 Å². The maximum Gasteiger partial charge on any atom is 0.259 e. The summed E-state index contributed by atoms with van der Waals surface area (Å²) in [7, 11) is 0. The fourth-order valence-corrected chi connectivity index (χ4v) is 3.70. The third-order valence-electron chi connectivity index (χ3n) is 4.95. The van der Waals surface area contributed by atoms with Crippen molar-refractivity contribution in [3.63, 3.8) is 0 Å². The molecular weight excluding hydrogens is 360 g/mol. The highest BCUT2D eigenvalue weighted by Gasteiger charge is 2.21. The number of aromatic nitrogens is 2. The molecule has 6 nitrogen and oxygen atoms in total. The number of H-pyrrole nitrogens is 2. The number of hydrogen-bond acceptors (Lipinski definition) is 4. The molecule has 3 aromatic rings. The van der Waals surface area contributed by atoms with Gasteiger partial charge in [0.05, 0.1) is 10.9 Å². The minimum absolute atomic E-state index is 0.130. The van der Waals surface area contributed by atoms with Gasteiger partial charge in [-0.05, 0) is 55.4 Å². The minimum atomic E-state index is -0.256. The zero-order chi connectivity index (χ0) is 18.8. The molecule has 0 atom stereocenters. The van der Waals surface area contributed by atoms with Crippen molar-refractivity contribution in [1.82, 2.24) is 15.3 Å². The summed E-state index contributed by atoms with van der Waals surface area (Å²) in [6.07, 6.45) is 1.80. The number of nitrogens with one attached hydrogen (secondary N) is 3. The first kappa shape index (κ1) is 17.5. The maximum absolute atomic E-state index is 12.6. The number of para-hydroxylation sites is 1. The van der Waals surface area contributed by atoms with Gasteiger partial charge in [0.2, 0.25) is 0 Å². The summed E-state index contributed by atoms with van der Waals surface area (Å²) >= 11 is 5.00. The van der Waals surface area contributed by atoms with Crippen molar-refractivity contribution in [2.45, 2.75) is 18.9 Å². The third kappa shape index (κ3) is 3.78. The molecular formula is C20H20N4O2S. The van der Waals surface area contributed by atoms with Crippen LogP contribution < -0.4 is 15.8 Å². The molecule has 1 amide bonds. The fraction of sp³-hybridized carbons (Fsp3) is 0.250. The van der Waals surface area contributed by atoms with Crippen LogP contribution in [0, 0.1) is 4.77 Å². The number of hydrogen-bond donors (Lipinski definition) is 3. The Morgan fingerprint density at radius 2 is 1.81 bits per heavy atom. The SMILES string of the molecule is O=C(NC1CCN(c2ccccc2)CC1)c1ccc2c(=O)[nH]c(=S)[nH]c2c1. The Morgan fingerprint density at radius 3 is 2.56 bits per heavy atom. The highest BCUT2D eigenvalue weighted by Crippen LogP contribution is 2.20. The van der Waals surface area contributed by atoms with Crippen molar-refractivity contribution in [1.29, 1.82) is 0 Å². The smallest absolute Gasteiger partial charge is 0.259 e. The Morgan fingerprint density at radius 1 is 1.07 bits per heavy atom. The van der Waals surface area contributed by atoms with E-state index in [0.717, 1.165) is 25.9 Å². The van der Waals surface area contributed by atoms with Gasteiger partial charge in [0.15, 0.2) is 4.77 Å². The summed E-state index contributed by atoms with van der Waals surface area (Å²) < 4.78 is 0.248. The summed E-state index contributed by atoms with van der Waals surface area (Å²) in [5.41, 5.74) is 2.05. The van der Waals surface area contributed by atoms with Gasteiger partial charge >= 0.3 is 0 Å². The molecule has 7 heteroatoms. The van der Waals surface area contributed by atoms with Gasteiger partial charge in [0, 0.05) is 30.4 Å². The summed E-state index contributed by atoms with van der Waals surface area (Å²) in [5, 5.41) is 3.59. The molecule has 4 rings (SSSR count). The van der Waals surface area contributed by atoms with Crippen LogP contribution in [0.1, 0.15) is 23.2 Å². The number of fused-ring (bicyclic) bond motifs is 1. The fourth-order valence-electron chi connectivity index (χ4n) is 3.50. The van der Waals surface area contributed by atoms with Gasteiger partial charge < -0.3 is 15.2 Å². The molecule has 0 aliphatic carbocycles. The number of carbonyl (C=O) groups is 1. The van der Waals surface area contributed by atoms with Crippen molar-refractivity contribution in [2.75, 3.05) is 18.0 Å². The van der Waals surface area contributed by atoms with E-state index in [9.17, 15) is 9.59 Å². The van der Waals surface area contributed by atoms with E-state index in [-0.39, 0.29) is 22.3 Å². The number of rotatable bonds is 3. The van der Waals surface area contributed by atoms with Gasteiger partial charge in [-0.1, -0.05) is 18.2 Å². The molecule has 2 heterocycles. The Balaban J connectivity index is 1.43. The maximum atomic E-state index is 12.6. The zero-order valence-electron chi connectivity index (χ0n) is 14.7. The van der Waals surface area contributed by atoms with Crippen LogP contribution >= 0.6 is 12.2 Å². The van der Waals surface area contributed by atoms with Crippen LogP contribution in [0.3, 0.4) is 0 Å². The second-order valence-corrected chi connectivity index (χ2v) is 7.15. The Kier molecular flexibility index (Phi) is 4.77. The van der Waals surface area contributed by atoms with Crippen LogP contribution in [0.25, 0.3) is 10.9 Å². The lowest BCUT2D eigenvalue weighted by Crippen LogP contribution is -2.44. The average molecular weight is 380 g/mol. The highest BCUT2D eigenvalue weighted by atomic mass is 32.1. The molecule has 1 aliphatic heterocycles. The van der Waals surface area contributed by atoms with Crippen LogP contribution in [0.2, 0.25) is 0 Å². The van der Waals surface area contributed by atoms with E-state index in [2.05, 4.69) is 32.3 Å². The lowest BCUT2D eigenvalue weighted by molar-refractivity contribution is 0.0931. The molecule has 3 N–H and O–H groups in total. The average Bonchev–Trinajstić information content (AvgIpc) is 2.68. The van der Waals surface area contributed by atoms with Crippen molar-refractivity contribution in [3.8, 4) is 0 Å². The molecule has 1 aliphatic rings. The van der Waals surface area contributed by atoms with Crippen LogP contribution in [-0.4, -0.2) is 35.0 Å². The van der Waals surface area contributed by atoms with Crippen molar-refractivity contribution in [3.05, 3.63) is 69.2 Å². The number of amides is 1. The first-order chi connectivity index (χ1) is 13.1. The van der Waals surface area contributed by atoms with E-state index in [0.29, 0.717) is 16.5 Å². The number of benzene rings is 2. The van der Waals surface area contributed by atoms with Gasteiger partial charge in [0.25, 0.3) is 11.5 Å². The first-order valence-corrected chi connectivity index (χ1v) is 9.38. The molecule has 0 unspecified atom stereocenters. The van der Waals surface area contributed by atoms with Gasteiger partial charge in [-0.3, -0.25) is 14.6 Å². The van der Waals surface area contributed by atoms with E-state index in [4.69, 9.17) is 12.2 Å². The molecule has 27 heavy (non-hydrogen) atoms. The number of piperidine rings is 1. The van der Waals surface area contributed by atoms with Gasteiger partial charge in [-0.2, -0.15) is 0 Å². The standard InChI is InChI=1S/C20H20N4O2S/c25-18(13-6-7-16-17(12-13)22-20(27)23-19(16)26)21-14-8-10-24(11-9-14)15-4-2-1-3-5-15/h1-7,12,14H,8-11H2,(H,21,25)(H2,22,23,26,27). The monoisotopic (exact) mass is 380 g/mol. The number of carbonyl (C=O) groups excluding carboxylic acids is 1.